The van der Waals surface area contributed by atoms with Crippen LogP contribution in [0.2, 0.25) is 0 Å². The van der Waals surface area contributed by atoms with E-state index in [0.717, 1.165) is 11.3 Å². The summed E-state index contributed by atoms with van der Waals surface area (Å²) in [5, 5.41) is 12.0. The molecular weight excluding hydrogens is 190 g/mol. The van der Waals surface area contributed by atoms with Crippen LogP contribution in [0, 0.1) is 0 Å². The molecule has 0 atom stereocenters. The quantitative estimate of drug-likeness (QED) is 0.567. The molecule has 0 saturated heterocycles. The molecule has 3 N–H and O–H groups in total. The average Bonchev–Trinajstić information content (AvgIpc) is 2.77. The van der Waals surface area contributed by atoms with Gasteiger partial charge in [0.2, 0.25) is 0 Å². The standard InChI is InChI=1S/C11H13N3O/c12-8-9-3-5-10(6-4-9)14-7-1-2-11(14)13-15/h1,3-7,15H,2,8,12H2. The molecule has 0 fully saturated rings. The van der Waals surface area contributed by atoms with Crippen LogP contribution < -0.4 is 10.6 Å². The van der Waals surface area contributed by atoms with Gasteiger partial charge in [-0.1, -0.05) is 23.4 Å². The Hall–Kier alpha value is -1.81. The lowest BCUT2D eigenvalue weighted by Crippen LogP contribution is -2.20. The third-order valence-electron chi connectivity index (χ3n) is 2.40. The van der Waals surface area contributed by atoms with Crippen LogP contribution in [0.4, 0.5) is 5.69 Å². The summed E-state index contributed by atoms with van der Waals surface area (Å²) in [6.07, 6.45) is 4.51. The number of nitrogens with two attached hydrogens (primary N) is 1. The van der Waals surface area contributed by atoms with E-state index in [1.165, 1.54) is 0 Å². The van der Waals surface area contributed by atoms with Crippen LogP contribution in [0.1, 0.15) is 12.0 Å². The second kappa shape index (κ2) is 4.14. The van der Waals surface area contributed by atoms with Crippen molar-refractivity contribution in [3.63, 3.8) is 0 Å². The molecule has 1 aromatic carbocycles. The summed E-state index contributed by atoms with van der Waals surface area (Å²) in [6, 6.07) is 7.86. The van der Waals surface area contributed by atoms with Gasteiger partial charge in [0.1, 0.15) is 0 Å². The van der Waals surface area contributed by atoms with Crippen LogP contribution in [0.5, 0.6) is 0 Å². The molecule has 78 valence electrons. The maximum absolute atomic E-state index is 8.78. The van der Waals surface area contributed by atoms with Gasteiger partial charge in [-0.05, 0) is 17.7 Å². The smallest absolute Gasteiger partial charge is 0.156 e. The Morgan fingerprint density at radius 1 is 1.33 bits per heavy atom. The highest BCUT2D eigenvalue weighted by molar-refractivity contribution is 6.02. The SMILES string of the molecule is NCc1ccc(N2C=CCC2=NO)cc1. The van der Waals surface area contributed by atoms with E-state index < -0.39 is 0 Å². The summed E-state index contributed by atoms with van der Waals surface area (Å²) in [5.74, 6) is 0.635. The molecule has 0 saturated carbocycles. The third kappa shape index (κ3) is 1.85. The van der Waals surface area contributed by atoms with Crippen LogP contribution in [0.15, 0.2) is 41.7 Å². The first kappa shape index (κ1) is 9.73. The molecule has 0 bridgehead atoms. The first-order chi connectivity index (χ1) is 7.35. The van der Waals surface area contributed by atoms with Crippen molar-refractivity contribution in [2.24, 2.45) is 10.9 Å². The van der Waals surface area contributed by atoms with Gasteiger partial charge in [-0.3, -0.25) is 0 Å². The summed E-state index contributed by atoms with van der Waals surface area (Å²) >= 11 is 0. The lowest BCUT2D eigenvalue weighted by Gasteiger charge is -2.16. The number of benzene rings is 1. The van der Waals surface area contributed by atoms with Crippen molar-refractivity contribution in [3.8, 4) is 0 Å². The number of oxime groups is 1. The van der Waals surface area contributed by atoms with Gasteiger partial charge in [0.25, 0.3) is 0 Å². The predicted octanol–water partition coefficient (Wildman–Crippen LogP) is 1.66. The molecule has 1 aromatic rings. The average molecular weight is 203 g/mol. The molecule has 1 aliphatic heterocycles. The van der Waals surface area contributed by atoms with E-state index in [9.17, 15) is 0 Å². The minimum Gasteiger partial charge on any atom is -0.409 e. The van der Waals surface area contributed by atoms with E-state index in [1.807, 2.05) is 41.4 Å². The fourth-order valence-corrected chi connectivity index (χ4v) is 1.56. The molecule has 15 heavy (non-hydrogen) atoms. The van der Waals surface area contributed by atoms with Crippen molar-refractivity contribution in [1.29, 1.82) is 0 Å². The first-order valence-electron chi connectivity index (χ1n) is 4.81. The molecule has 4 nitrogen and oxygen atoms in total. The summed E-state index contributed by atoms with van der Waals surface area (Å²) < 4.78 is 0. The van der Waals surface area contributed by atoms with E-state index in [0.29, 0.717) is 18.8 Å². The number of hydrogen-bond acceptors (Lipinski definition) is 3. The molecule has 0 aliphatic carbocycles. The third-order valence-corrected chi connectivity index (χ3v) is 2.40. The minimum atomic E-state index is 0.539. The zero-order valence-corrected chi connectivity index (χ0v) is 8.30. The van der Waals surface area contributed by atoms with Gasteiger partial charge in [-0.15, -0.1) is 0 Å². The fourth-order valence-electron chi connectivity index (χ4n) is 1.56. The number of anilines is 1. The highest BCUT2D eigenvalue weighted by Crippen LogP contribution is 2.20. The van der Waals surface area contributed by atoms with Crippen molar-refractivity contribution in [3.05, 3.63) is 42.1 Å². The molecular formula is C11H13N3O. The minimum absolute atomic E-state index is 0.539. The topological polar surface area (TPSA) is 61.8 Å². The van der Waals surface area contributed by atoms with Crippen molar-refractivity contribution < 1.29 is 5.21 Å². The van der Waals surface area contributed by atoms with E-state index in [1.54, 1.807) is 0 Å². The fraction of sp³-hybridized carbons (Fsp3) is 0.182. The lowest BCUT2D eigenvalue weighted by atomic mass is 10.2. The molecule has 0 amide bonds. The van der Waals surface area contributed by atoms with Crippen LogP contribution in [0.3, 0.4) is 0 Å². The first-order valence-corrected chi connectivity index (χ1v) is 4.81. The number of nitrogens with zero attached hydrogens (tertiary/aromatic N) is 2. The maximum Gasteiger partial charge on any atom is 0.156 e. The van der Waals surface area contributed by atoms with E-state index >= 15 is 0 Å². The Bertz CT molecular complexity index is 395. The summed E-state index contributed by atoms with van der Waals surface area (Å²) in [6.45, 7) is 0.539. The molecule has 0 unspecified atom stereocenters. The van der Waals surface area contributed by atoms with Crippen molar-refractivity contribution >= 4 is 11.5 Å². The highest BCUT2D eigenvalue weighted by atomic mass is 16.4. The summed E-state index contributed by atoms with van der Waals surface area (Å²) in [4.78, 5) is 1.85. The monoisotopic (exact) mass is 203 g/mol. The molecule has 1 aliphatic rings. The number of rotatable bonds is 2. The largest absolute Gasteiger partial charge is 0.409 e. The maximum atomic E-state index is 8.78. The lowest BCUT2D eigenvalue weighted by molar-refractivity contribution is 0.317. The Labute approximate surface area is 88.3 Å². The van der Waals surface area contributed by atoms with Crippen molar-refractivity contribution in [1.82, 2.24) is 0 Å². The number of amidine groups is 1. The van der Waals surface area contributed by atoms with Gasteiger partial charge in [0.05, 0.1) is 0 Å². The second-order valence-corrected chi connectivity index (χ2v) is 3.35. The molecule has 0 spiro atoms. The molecule has 0 aromatic heterocycles. The summed E-state index contributed by atoms with van der Waals surface area (Å²) in [7, 11) is 0. The van der Waals surface area contributed by atoms with Crippen molar-refractivity contribution in [2.45, 2.75) is 13.0 Å². The van der Waals surface area contributed by atoms with Gasteiger partial charge < -0.3 is 15.8 Å². The van der Waals surface area contributed by atoms with Gasteiger partial charge >= 0.3 is 0 Å². The highest BCUT2D eigenvalue weighted by Gasteiger charge is 2.15. The Morgan fingerprint density at radius 2 is 2.07 bits per heavy atom. The van der Waals surface area contributed by atoms with Crippen LogP contribution in [-0.4, -0.2) is 11.0 Å². The van der Waals surface area contributed by atoms with Gasteiger partial charge in [-0.25, -0.2) is 0 Å². The zero-order valence-electron chi connectivity index (χ0n) is 8.30. The molecule has 4 heteroatoms. The van der Waals surface area contributed by atoms with Gasteiger partial charge in [-0.2, -0.15) is 0 Å². The van der Waals surface area contributed by atoms with E-state index in [4.69, 9.17) is 10.9 Å². The van der Waals surface area contributed by atoms with Gasteiger partial charge in [0, 0.05) is 24.9 Å². The predicted molar refractivity (Wildman–Crippen MR) is 59.8 cm³/mol. The Kier molecular flexibility index (Phi) is 2.69. The van der Waals surface area contributed by atoms with Crippen LogP contribution in [0.25, 0.3) is 0 Å². The molecule has 1 heterocycles. The number of hydrogen-bond donors (Lipinski definition) is 2. The van der Waals surface area contributed by atoms with Crippen LogP contribution in [-0.2, 0) is 6.54 Å². The van der Waals surface area contributed by atoms with E-state index in [2.05, 4.69) is 5.16 Å². The van der Waals surface area contributed by atoms with Crippen molar-refractivity contribution in [2.75, 3.05) is 4.90 Å². The van der Waals surface area contributed by atoms with Gasteiger partial charge in [0.15, 0.2) is 5.84 Å². The Morgan fingerprint density at radius 3 is 2.67 bits per heavy atom. The zero-order chi connectivity index (χ0) is 10.7. The summed E-state index contributed by atoms with van der Waals surface area (Å²) in [5.41, 5.74) is 7.58. The normalized spacial score (nSPS) is 17.7. The molecule has 2 rings (SSSR count). The second-order valence-electron chi connectivity index (χ2n) is 3.35. The Balaban J connectivity index is 2.26. The van der Waals surface area contributed by atoms with E-state index in [-0.39, 0.29) is 0 Å². The van der Waals surface area contributed by atoms with Crippen LogP contribution >= 0.6 is 0 Å². The molecule has 0 radical (unpaired) electrons.